The van der Waals surface area contributed by atoms with Crippen LogP contribution in [0.2, 0.25) is 0 Å². The molecule has 0 atom stereocenters. The zero-order chi connectivity index (χ0) is 13.0. The van der Waals surface area contributed by atoms with Gasteiger partial charge < -0.3 is 5.32 Å². The lowest BCUT2D eigenvalue weighted by atomic mass is 10.2. The highest BCUT2D eigenvalue weighted by molar-refractivity contribution is 5.48. The van der Waals surface area contributed by atoms with Gasteiger partial charge in [0.1, 0.15) is 12.0 Å². The molecule has 0 radical (unpaired) electrons. The van der Waals surface area contributed by atoms with Crippen molar-refractivity contribution < 1.29 is 4.92 Å². The molecule has 0 fully saturated rings. The average molecular weight is 248 g/mol. The molecule has 18 heavy (non-hydrogen) atoms. The number of aromatic nitrogens is 4. The Hall–Kier alpha value is -2.51. The Labute approximate surface area is 103 Å². The fourth-order valence-electron chi connectivity index (χ4n) is 1.49. The maximum absolute atomic E-state index is 10.6. The van der Waals surface area contributed by atoms with E-state index in [1.54, 1.807) is 24.0 Å². The summed E-state index contributed by atoms with van der Waals surface area (Å²) >= 11 is 0. The average Bonchev–Trinajstić information content (AvgIpc) is 2.84. The largest absolute Gasteiger partial charge is 0.368 e. The first kappa shape index (κ1) is 12.0. The van der Waals surface area contributed by atoms with Crippen LogP contribution in [0.4, 0.5) is 11.5 Å². The summed E-state index contributed by atoms with van der Waals surface area (Å²) in [6, 6.07) is 1.49. The highest BCUT2D eigenvalue weighted by Crippen LogP contribution is 2.17. The van der Waals surface area contributed by atoms with Crippen molar-refractivity contribution in [2.24, 2.45) is 0 Å². The summed E-state index contributed by atoms with van der Waals surface area (Å²) in [6.45, 7) is 3.05. The van der Waals surface area contributed by atoms with Gasteiger partial charge in [-0.1, -0.05) is 5.21 Å². The van der Waals surface area contributed by atoms with Crippen LogP contribution in [0.15, 0.2) is 24.7 Å². The number of nitrogens with zero attached hydrogens (tertiary/aromatic N) is 5. The molecule has 0 saturated heterocycles. The van der Waals surface area contributed by atoms with Crippen molar-refractivity contribution >= 4 is 11.5 Å². The number of nitro groups is 1. The summed E-state index contributed by atoms with van der Waals surface area (Å²) in [5.74, 6) is 0.640. The van der Waals surface area contributed by atoms with E-state index in [1.807, 2.05) is 0 Å². The van der Waals surface area contributed by atoms with E-state index in [1.165, 1.54) is 12.3 Å². The summed E-state index contributed by atoms with van der Waals surface area (Å²) in [5.41, 5.74) is 0.733. The zero-order valence-electron chi connectivity index (χ0n) is 9.78. The van der Waals surface area contributed by atoms with Gasteiger partial charge in [-0.15, -0.1) is 5.10 Å². The number of aryl methyl sites for hydroxylation is 1. The monoisotopic (exact) mass is 248 g/mol. The molecule has 2 aromatic rings. The highest BCUT2D eigenvalue weighted by atomic mass is 16.6. The Morgan fingerprint density at radius 3 is 3.00 bits per heavy atom. The van der Waals surface area contributed by atoms with E-state index in [2.05, 4.69) is 20.6 Å². The van der Waals surface area contributed by atoms with E-state index in [0.29, 0.717) is 18.9 Å². The Kier molecular flexibility index (Phi) is 3.46. The van der Waals surface area contributed by atoms with Crippen molar-refractivity contribution in [1.29, 1.82) is 0 Å². The van der Waals surface area contributed by atoms with Crippen LogP contribution in [0.25, 0.3) is 0 Å². The summed E-state index contributed by atoms with van der Waals surface area (Å²) in [4.78, 5) is 14.1. The number of anilines is 1. The third kappa shape index (κ3) is 2.78. The molecule has 0 aliphatic carbocycles. The van der Waals surface area contributed by atoms with Crippen LogP contribution in [0.5, 0.6) is 0 Å². The van der Waals surface area contributed by atoms with Gasteiger partial charge in [-0.25, -0.2) is 4.98 Å². The number of hydrogen-bond donors (Lipinski definition) is 1. The van der Waals surface area contributed by atoms with Gasteiger partial charge in [-0.3, -0.25) is 14.8 Å². The zero-order valence-corrected chi connectivity index (χ0v) is 9.78. The molecule has 94 valence electrons. The molecule has 0 unspecified atom stereocenters. The quantitative estimate of drug-likeness (QED) is 0.626. The summed E-state index contributed by atoms with van der Waals surface area (Å²) in [5, 5.41) is 21.2. The predicted molar refractivity (Wildman–Crippen MR) is 64.1 cm³/mol. The minimum absolute atomic E-state index is 0.00525. The first-order chi connectivity index (χ1) is 8.66. The van der Waals surface area contributed by atoms with E-state index in [0.717, 1.165) is 5.56 Å². The third-order valence-electron chi connectivity index (χ3n) is 2.38. The highest BCUT2D eigenvalue weighted by Gasteiger charge is 2.08. The van der Waals surface area contributed by atoms with Crippen molar-refractivity contribution in [1.82, 2.24) is 20.0 Å². The SMILES string of the molecule is Cc1cc([N+](=O)[O-])cnc1NCCn1ccnn1. The Morgan fingerprint density at radius 1 is 1.56 bits per heavy atom. The van der Waals surface area contributed by atoms with Crippen LogP contribution < -0.4 is 5.32 Å². The van der Waals surface area contributed by atoms with Gasteiger partial charge in [-0.05, 0) is 12.5 Å². The molecular formula is C10H12N6O2. The minimum atomic E-state index is -0.459. The molecule has 0 aliphatic rings. The molecule has 2 heterocycles. The summed E-state index contributed by atoms with van der Waals surface area (Å²) in [7, 11) is 0. The minimum Gasteiger partial charge on any atom is -0.368 e. The molecule has 2 rings (SSSR count). The van der Waals surface area contributed by atoms with Gasteiger partial charge >= 0.3 is 0 Å². The number of pyridine rings is 1. The third-order valence-corrected chi connectivity index (χ3v) is 2.38. The Morgan fingerprint density at radius 2 is 2.39 bits per heavy atom. The van der Waals surface area contributed by atoms with E-state index >= 15 is 0 Å². The molecule has 0 aliphatic heterocycles. The fourth-order valence-corrected chi connectivity index (χ4v) is 1.49. The van der Waals surface area contributed by atoms with Crippen molar-refractivity contribution in [2.75, 3.05) is 11.9 Å². The van der Waals surface area contributed by atoms with Crippen LogP contribution >= 0.6 is 0 Å². The van der Waals surface area contributed by atoms with Gasteiger partial charge in [-0.2, -0.15) is 0 Å². The standard InChI is InChI=1S/C10H12N6O2/c1-8-6-9(16(17)18)7-12-10(8)11-2-4-15-5-3-13-14-15/h3,5-7H,2,4H2,1H3,(H,11,12). The smallest absolute Gasteiger partial charge is 0.287 e. The van der Waals surface area contributed by atoms with Crippen molar-refractivity contribution in [3.63, 3.8) is 0 Å². The first-order valence-corrected chi connectivity index (χ1v) is 5.36. The first-order valence-electron chi connectivity index (χ1n) is 5.36. The lowest BCUT2D eigenvalue weighted by molar-refractivity contribution is -0.385. The Balaban J connectivity index is 1.95. The van der Waals surface area contributed by atoms with Crippen molar-refractivity contribution in [3.05, 3.63) is 40.3 Å². The van der Waals surface area contributed by atoms with Crippen molar-refractivity contribution in [2.45, 2.75) is 13.5 Å². The Bertz CT molecular complexity index is 539. The number of nitrogens with one attached hydrogen (secondary N) is 1. The molecule has 0 bridgehead atoms. The molecule has 1 N–H and O–H groups in total. The fraction of sp³-hybridized carbons (Fsp3) is 0.300. The maximum Gasteiger partial charge on any atom is 0.287 e. The van der Waals surface area contributed by atoms with E-state index in [4.69, 9.17) is 0 Å². The predicted octanol–water partition coefficient (Wildman–Crippen LogP) is 1.00. The van der Waals surface area contributed by atoms with Gasteiger partial charge in [0, 0.05) is 18.8 Å². The normalized spacial score (nSPS) is 10.3. The van der Waals surface area contributed by atoms with Gasteiger partial charge in [0.25, 0.3) is 5.69 Å². The van der Waals surface area contributed by atoms with Gasteiger partial charge in [0.05, 0.1) is 17.7 Å². The molecule has 8 heteroatoms. The van der Waals surface area contributed by atoms with Gasteiger partial charge in [0.15, 0.2) is 0 Å². The molecule has 0 aromatic carbocycles. The summed E-state index contributed by atoms with van der Waals surface area (Å²) < 4.78 is 1.69. The second kappa shape index (κ2) is 5.21. The molecule has 2 aromatic heterocycles. The maximum atomic E-state index is 10.6. The second-order valence-corrected chi connectivity index (χ2v) is 3.71. The lowest BCUT2D eigenvalue weighted by Gasteiger charge is -2.07. The molecular weight excluding hydrogens is 236 g/mol. The lowest BCUT2D eigenvalue weighted by Crippen LogP contribution is -2.12. The van der Waals surface area contributed by atoms with Crippen LogP contribution in [-0.2, 0) is 6.54 Å². The molecule has 0 saturated carbocycles. The van der Waals surface area contributed by atoms with Crippen LogP contribution in [0.3, 0.4) is 0 Å². The van der Waals surface area contributed by atoms with Crippen LogP contribution in [0.1, 0.15) is 5.56 Å². The topological polar surface area (TPSA) is 98.8 Å². The molecule has 8 nitrogen and oxygen atoms in total. The van der Waals surface area contributed by atoms with E-state index in [-0.39, 0.29) is 5.69 Å². The van der Waals surface area contributed by atoms with Crippen LogP contribution in [-0.4, -0.2) is 31.4 Å². The van der Waals surface area contributed by atoms with Crippen LogP contribution in [0, 0.1) is 17.0 Å². The van der Waals surface area contributed by atoms with Crippen molar-refractivity contribution in [3.8, 4) is 0 Å². The molecule has 0 amide bonds. The van der Waals surface area contributed by atoms with E-state index in [9.17, 15) is 10.1 Å². The number of hydrogen-bond acceptors (Lipinski definition) is 6. The van der Waals surface area contributed by atoms with E-state index < -0.39 is 4.92 Å². The molecule has 0 spiro atoms. The van der Waals surface area contributed by atoms with Gasteiger partial charge in [0.2, 0.25) is 0 Å². The second-order valence-electron chi connectivity index (χ2n) is 3.71. The summed E-state index contributed by atoms with van der Waals surface area (Å²) in [6.07, 6.45) is 4.61. The number of rotatable bonds is 5.